The Morgan fingerprint density at radius 1 is 1.55 bits per heavy atom. The summed E-state index contributed by atoms with van der Waals surface area (Å²) in [5.41, 5.74) is 1.06. The number of nitrogens with zero attached hydrogens (tertiary/aromatic N) is 1. The third kappa shape index (κ3) is 2.76. The van der Waals surface area contributed by atoms with Crippen LogP contribution < -0.4 is 5.32 Å². The van der Waals surface area contributed by atoms with Crippen LogP contribution in [0, 0.1) is 0 Å². The van der Waals surface area contributed by atoms with Crippen molar-refractivity contribution in [1.29, 1.82) is 0 Å². The molecule has 3 heteroatoms. The van der Waals surface area contributed by atoms with Gasteiger partial charge in [0.05, 0.1) is 0 Å². The molecule has 60 valence electrons. The number of pyridine rings is 1. The molecule has 0 spiro atoms. The maximum Gasteiger partial charge on any atom is 0.0423 e. The largest absolute Gasteiger partial charge is 0.381 e. The lowest BCUT2D eigenvalue weighted by atomic mass is 10.3. The fraction of sp³-hybridized carbons (Fsp3) is 0.375. The zero-order valence-corrected chi connectivity index (χ0v) is 7.17. The van der Waals surface area contributed by atoms with E-state index in [0.29, 0.717) is 11.9 Å². The second-order valence-corrected chi connectivity index (χ2v) is 2.74. The lowest BCUT2D eigenvalue weighted by molar-refractivity contribution is 0.907. The van der Waals surface area contributed by atoms with Gasteiger partial charge in [-0.1, -0.05) is 0 Å². The number of nitrogens with one attached hydrogen (secondary N) is 1. The molecule has 1 unspecified atom stereocenters. The Balaban J connectivity index is 2.51. The molecule has 1 heterocycles. The van der Waals surface area contributed by atoms with Crippen LogP contribution in [0.25, 0.3) is 0 Å². The number of hydrogen-bond donors (Lipinski definition) is 1. The molecule has 0 aliphatic carbocycles. The van der Waals surface area contributed by atoms with Crippen LogP contribution in [0.15, 0.2) is 24.5 Å². The van der Waals surface area contributed by atoms with Crippen LogP contribution in [0.4, 0.5) is 5.69 Å². The standard InChI is InChI=1S/C8H11ClN2/c1-7(6-9)11-8-2-4-10-5-3-8/h2-5,7H,6H2,1H3,(H,10,11). The summed E-state index contributed by atoms with van der Waals surface area (Å²) < 4.78 is 0. The van der Waals surface area contributed by atoms with Crippen molar-refractivity contribution in [2.45, 2.75) is 13.0 Å². The van der Waals surface area contributed by atoms with Crippen molar-refractivity contribution in [3.63, 3.8) is 0 Å². The lowest BCUT2D eigenvalue weighted by Crippen LogP contribution is -2.16. The Labute approximate surface area is 71.6 Å². The van der Waals surface area contributed by atoms with E-state index in [9.17, 15) is 0 Å². The second-order valence-electron chi connectivity index (χ2n) is 2.44. The molecule has 0 saturated carbocycles. The first-order chi connectivity index (χ1) is 5.33. The summed E-state index contributed by atoms with van der Waals surface area (Å²) in [6.45, 7) is 2.04. The molecule has 0 aliphatic rings. The van der Waals surface area contributed by atoms with Crippen molar-refractivity contribution in [3.8, 4) is 0 Å². The third-order valence-corrected chi connectivity index (χ3v) is 1.79. The number of alkyl halides is 1. The first-order valence-electron chi connectivity index (χ1n) is 3.55. The van der Waals surface area contributed by atoms with E-state index in [-0.39, 0.29) is 0 Å². The molecule has 1 aromatic rings. The molecule has 0 aliphatic heterocycles. The molecule has 0 amide bonds. The van der Waals surface area contributed by atoms with Gasteiger partial charge in [-0.05, 0) is 19.1 Å². The van der Waals surface area contributed by atoms with Crippen LogP contribution in [-0.4, -0.2) is 16.9 Å². The Hall–Kier alpha value is -0.760. The van der Waals surface area contributed by atoms with Crippen LogP contribution in [0.3, 0.4) is 0 Å². The van der Waals surface area contributed by atoms with Gasteiger partial charge in [0, 0.05) is 30.0 Å². The summed E-state index contributed by atoms with van der Waals surface area (Å²) in [5.74, 6) is 0.613. The van der Waals surface area contributed by atoms with Gasteiger partial charge in [0.25, 0.3) is 0 Å². The van der Waals surface area contributed by atoms with E-state index in [1.54, 1.807) is 12.4 Å². The van der Waals surface area contributed by atoms with Crippen molar-refractivity contribution in [2.24, 2.45) is 0 Å². The van der Waals surface area contributed by atoms with E-state index < -0.39 is 0 Å². The van der Waals surface area contributed by atoms with Crippen LogP contribution in [0.5, 0.6) is 0 Å². The van der Waals surface area contributed by atoms with Gasteiger partial charge in [-0.25, -0.2) is 0 Å². The highest BCUT2D eigenvalue weighted by atomic mass is 35.5. The van der Waals surface area contributed by atoms with Gasteiger partial charge < -0.3 is 5.32 Å². The fourth-order valence-electron chi connectivity index (χ4n) is 0.771. The minimum atomic E-state index is 0.305. The number of hydrogen-bond acceptors (Lipinski definition) is 2. The quantitative estimate of drug-likeness (QED) is 0.703. The monoisotopic (exact) mass is 170 g/mol. The molecule has 2 nitrogen and oxygen atoms in total. The predicted octanol–water partition coefficient (Wildman–Crippen LogP) is 2.12. The van der Waals surface area contributed by atoms with E-state index in [1.807, 2.05) is 19.1 Å². The van der Waals surface area contributed by atoms with E-state index >= 15 is 0 Å². The first-order valence-corrected chi connectivity index (χ1v) is 4.09. The number of halogens is 1. The van der Waals surface area contributed by atoms with Gasteiger partial charge in [0.15, 0.2) is 0 Å². The molecule has 11 heavy (non-hydrogen) atoms. The smallest absolute Gasteiger partial charge is 0.0423 e. The summed E-state index contributed by atoms with van der Waals surface area (Å²) in [7, 11) is 0. The summed E-state index contributed by atoms with van der Waals surface area (Å²) in [6.07, 6.45) is 3.51. The summed E-state index contributed by atoms with van der Waals surface area (Å²) in [6, 6.07) is 4.14. The van der Waals surface area contributed by atoms with Crippen molar-refractivity contribution in [3.05, 3.63) is 24.5 Å². The second kappa shape index (κ2) is 4.19. The number of rotatable bonds is 3. The van der Waals surface area contributed by atoms with E-state index in [2.05, 4.69) is 10.3 Å². The maximum atomic E-state index is 5.62. The lowest BCUT2D eigenvalue weighted by Gasteiger charge is -2.10. The molecule has 0 radical (unpaired) electrons. The maximum absolute atomic E-state index is 5.62. The minimum absolute atomic E-state index is 0.305. The molecule has 0 bridgehead atoms. The average Bonchev–Trinajstić information content (AvgIpc) is 2.06. The molecule has 1 atom stereocenters. The molecule has 1 rings (SSSR count). The zero-order valence-electron chi connectivity index (χ0n) is 6.42. The molecule has 1 N–H and O–H groups in total. The van der Waals surface area contributed by atoms with Gasteiger partial charge in [0.1, 0.15) is 0 Å². The summed E-state index contributed by atoms with van der Waals surface area (Å²) >= 11 is 5.62. The summed E-state index contributed by atoms with van der Waals surface area (Å²) in [4.78, 5) is 3.91. The molecule has 1 aromatic heterocycles. The average molecular weight is 171 g/mol. The number of anilines is 1. The van der Waals surface area contributed by atoms with Crippen LogP contribution in [0.2, 0.25) is 0 Å². The first kappa shape index (κ1) is 8.34. The SMILES string of the molecule is CC(CCl)Nc1ccncc1. The van der Waals surface area contributed by atoms with Gasteiger partial charge in [-0.15, -0.1) is 11.6 Å². The molecular weight excluding hydrogens is 160 g/mol. The van der Waals surface area contributed by atoms with Crippen molar-refractivity contribution >= 4 is 17.3 Å². The number of aromatic nitrogens is 1. The predicted molar refractivity (Wildman–Crippen MR) is 48.0 cm³/mol. The van der Waals surface area contributed by atoms with Gasteiger partial charge in [0.2, 0.25) is 0 Å². The van der Waals surface area contributed by atoms with Crippen LogP contribution in [0.1, 0.15) is 6.92 Å². The highest BCUT2D eigenvalue weighted by Gasteiger charge is 1.97. The van der Waals surface area contributed by atoms with E-state index in [1.165, 1.54) is 0 Å². The molecule has 0 saturated heterocycles. The van der Waals surface area contributed by atoms with Crippen molar-refractivity contribution in [2.75, 3.05) is 11.2 Å². The molecule has 0 aromatic carbocycles. The normalized spacial score (nSPS) is 12.5. The van der Waals surface area contributed by atoms with Gasteiger partial charge in [-0.2, -0.15) is 0 Å². The minimum Gasteiger partial charge on any atom is -0.381 e. The Bertz CT molecular complexity index is 201. The Morgan fingerprint density at radius 2 is 2.18 bits per heavy atom. The Morgan fingerprint density at radius 3 is 2.73 bits per heavy atom. The van der Waals surface area contributed by atoms with E-state index in [0.717, 1.165) is 5.69 Å². The summed E-state index contributed by atoms with van der Waals surface area (Å²) in [5, 5.41) is 3.22. The Kier molecular flexibility index (Phi) is 3.17. The fourth-order valence-corrected chi connectivity index (χ4v) is 0.848. The molecular formula is C8H11ClN2. The van der Waals surface area contributed by atoms with Crippen molar-refractivity contribution in [1.82, 2.24) is 4.98 Å². The third-order valence-electron chi connectivity index (χ3n) is 1.32. The van der Waals surface area contributed by atoms with Gasteiger partial charge in [-0.3, -0.25) is 4.98 Å². The van der Waals surface area contributed by atoms with Crippen LogP contribution in [-0.2, 0) is 0 Å². The van der Waals surface area contributed by atoms with E-state index in [4.69, 9.17) is 11.6 Å². The van der Waals surface area contributed by atoms with Crippen molar-refractivity contribution < 1.29 is 0 Å². The zero-order chi connectivity index (χ0) is 8.10. The highest BCUT2D eigenvalue weighted by Crippen LogP contribution is 2.05. The van der Waals surface area contributed by atoms with Gasteiger partial charge >= 0.3 is 0 Å². The van der Waals surface area contributed by atoms with Crippen LogP contribution >= 0.6 is 11.6 Å². The highest BCUT2D eigenvalue weighted by molar-refractivity contribution is 6.18. The topological polar surface area (TPSA) is 24.9 Å². The molecule has 0 fully saturated rings.